The van der Waals surface area contributed by atoms with E-state index in [1.54, 1.807) is 12.1 Å². The van der Waals surface area contributed by atoms with Gasteiger partial charge in [-0.1, -0.05) is 6.07 Å². The van der Waals surface area contributed by atoms with Crippen LogP contribution in [0.3, 0.4) is 0 Å². The number of fused-ring (bicyclic) bond motifs is 1. The molecule has 0 saturated heterocycles. The first-order valence-electron chi connectivity index (χ1n) is 8.87. The third-order valence-electron chi connectivity index (χ3n) is 4.36. The number of ether oxygens (including phenoxy) is 1. The highest BCUT2D eigenvalue weighted by molar-refractivity contribution is 7.92. The molecule has 2 aromatic carbocycles. The lowest BCUT2D eigenvalue weighted by molar-refractivity contribution is 0.169. The minimum atomic E-state index is -3.80. The van der Waals surface area contributed by atoms with Gasteiger partial charge in [-0.2, -0.15) is 0 Å². The van der Waals surface area contributed by atoms with Crippen molar-refractivity contribution in [2.45, 2.75) is 30.3 Å². The van der Waals surface area contributed by atoms with Crippen molar-refractivity contribution in [1.82, 2.24) is 5.32 Å². The van der Waals surface area contributed by atoms with Crippen molar-refractivity contribution in [2.75, 3.05) is 24.4 Å². The van der Waals surface area contributed by atoms with Gasteiger partial charge in [0.1, 0.15) is 17.7 Å². The molecule has 0 aliphatic carbocycles. The summed E-state index contributed by atoms with van der Waals surface area (Å²) in [5.41, 5.74) is 1.43. The lowest BCUT2D eigenvalue weighted by Crippen LogP contribution is -2.34. The lowest BCUT2D eigenvalue weighted by atomic mass is 10.0. The maximum absolute atomic E-state index is 13.0. The minimum absolute atomic E-state index is 0.000138. The van der Waals surface area contributed by atoms with E-state index >= 15 is 0 Å². The Bertz CT molecular complexity index is 872. The summed E-state index contributed by atoms with van der Waals surface area (Å²) in [6, 6.07) is 9.89. The maximum atomic E-state index is 13.0. The van der Waals surface area contributed by atoms with E-state index in [4.69, 9.17) is 9.84 Å². The summed E-state index contributed by atoms with van der Waals surface area (Å²) in [6.45, 7) is 1.55. The monoisotopic (exact) mass is 394 g/mol. The topological polar surface area (TPSA) is 87.7 Å². The molecule has 0 bridgehead atoms. The van der Waals surface area contributed by atoms with Crippen molar-refractivity contribution in [3.63, 3.8) is 0 Å². The molecule has 8 heteroatoms. The lowest BCUT2D eigenvalue weighted by Gasteiger charge is -2.27. The van der Waals surface area contributed by atoms with Gasteiger partial charge in [0.2, 0.25) is 0 Å². The van der Waals surface area contributed by atoms with Crippen LogP contribution in [-0.4, -0.2) is 39.3 Å². The van der Waals surface area contributed by atoms with E-state index in [2.05, 4.69) is 10.0 Å². The van der Waals surface area contributed by atoms with Gasteiger partial charge in [0.05, 0.1) is 10.6 Å². The van der Waals surface area contributed by atoms with E-state index in [1.807, 2.05) is 6.07 Å². The zero-order valence-electron chi connectivity index (χ0n) is 14.8. The van der Waals surface area contributed by atoms with Crippen LogP contribution in [0.1, 0.15) is 18.4 Å². The van der Waals surface area contributed by atoms with Gasteiger partial charge in [0.15, 0.2) is 0 Å². The molecule has 0 aromatic heterocycles. The molecule has 3 N–H and O–H groups in total. The molecular weight excluding hydrogens is 371 g/mol. The molecular formula is C19H23FN2O4S. The van der Waals surface area contributed by atoms with Crippen LogP contribution in [0.2, 0.25) is 0 Å². The molecule has 1 aliphatic heterocycles. The molecule has 146 valence electrons. The number of aliphatic hydroxyl groups excluding tert-OH is 1. The Balaban J connectivity index is 1.68. The predicted octanol–water partition coefficient (Wildman–Crippen LogP) is 2.29. The highest BCUT2D eigenvalue weighted by Gasteiger charge is 2.21. The van der Waals surface area contributed by atoms with E-state index < -0.39 is 15.8 Å². The van der Waals surface area contributed by atoms with E-state index in [-0.39, 0.29) is 17.6 Å². The Kier molecular flexibility index (Phi) is 6.30. The first-order chi connectivity index (χ1) is 13.0. The van der Waals surface area contributed by atoms with Crippen molar-refractivity contribution in [3.8, 4) is 5.75 Å². The fourth-order valence-electron chi connectivity index (χ4n) is 2.93. The third-order valence-corrected chi connectivity index (χ3v) is 5.75. The number of hydrogen-bond donors (Lipinski definition) is 3. The molecule has 0 spiro atoms. The summed E-state index contributed by atoms with van der Waals surface area (Å²) in [6.07, 6.45) is 2.42. The number of anilines is 1. The van der Waals surface area contributed by atoms with Gasteiger partial charge >= 0.3 is 0 Å². The Morgan fingerprint density at radius 1 is 1.19 bits per heavy atom. The highest BCUT2D eigenvalue weighted by atomic mass is 32.2. The van der Waals surface area contributed by atoms with E-state index in [1.165, 1.54) is 12.1 Å². The first kappa shape index (κ1) is 19.6. The van der Waals surface area contributed by atoms with Crippen molar-refractivity contribution in [2.24, 2.45) is 0 Å². The third kappa shape index (κ3) is 5.18. The number of nitrogens with one attached hydrogen (secondary N) is 2. The standard InChI is InChI=1S/C19H23FN2O4S/c20-15-4-8-18(9-5-15)27(24,25)22-16-6-2-14-3-7-17(26-19(14)12-16)13-21-10-1-11-23/h2,4-6,8-9,12,17,21-23H,1,3,7,10-11,13H2. The molecule has 0 radical (unpaired) electrons. The molecule has 1 heterocycles. The quantitative estimate of drug-likeness (QED) is 0.598. The van der Waals surface area contributed by atoms with Crippen LogP contribution in [0.25, 0.3) is 0 Å². The molecule has 2 aromatic rings. The smallest absolute Gasteiger partial charge is 0.261 e. The van der Waals surface area contributed by atoms with Gasteiger partial charge in [0, 0.05) is 19.2 Å². The number of aryl methyl sites for hydroxylation is 1. The molecule has 1 aliphatic rings. The Hall–Kier alpha value is -2.16. The highest BCUT2D eigenvalue weighted by Crippen LogP contribution is 2.31. The summed E-state index contributed by atoms with van der Waals surface area (Å²) >= 11 is 0. The molecule has 6 nitrogen and oxygen atoms in total. The number of halogens is 1. The van der Waals surface area contributed by atoms with Gasteiger partial charge < -0.3 is 15.2 Å². The fourth-order valence-corrected chi connectivity index (χ4v) is 3.98. The normalized spacial score (nSPS) is 16.4. The average molecular weight is 394 g/mol. The summed E-state index contributed by atoms with van der Waals surface area (Å²) in [4.78, 5) is -0.00602. The van der Waals surface area contributed by atoms with Gasteiger partial charge in [-0.05, 0) is 61.7 Å². The van der Waals surface area contributed by atoms with Crippen LogP contribution in [0, 0.1) is 5.82 Å². The summed E-state index contributed by atoms with van der Waals surface area (Å²) in [5, 5.41) is 12.0. The number of rotatable bonds is 8. The van der Waals surface area contributed by atoms with Crippen molar-refractivity contribution in [3.05, 3.63) is 53.8 Å². The zero-order chi connectivity index (χ0) is 19.3. The van der Waals surface area contributed by atoms with E-state index in [9.17, 15) is 12.8 Å². The van der Waals surface area contributed by atoms with Gasteiger partial charge in [-0.15, -0.1) is 0 Å². The van der Waals surface area contributed by atoms with Crippen molar-refractivity contribution < 1.29 is 22.7 Å². The van der Waals surface area contributed by atoms with E-state index in [0.717, 1.165) is 37.1 Å². The average Bonchev–Trinajstić information content (AvgIpc) is 2.65. The summed E-state index contributed by atoms with van der Waals surface area (Å²) in [7, 11) is -3.80. The maximum Gasteiger partial charge on any atom is 0.261 e. The predicted molar refractivity (Wildman–Crippen MR) is 101 cm³/mol. The molecule has 0 amide bonds. The Labute approximate surface area is 158 Å². The van der Waals surface area contributed by atoms with Crippen LogP contribution in [0.15, 0.2) is 47.4 Å². The molecule has 27 heavy (non-hydrogen) atoms. The fraction of sp³-hybridized carbons (Fsp3) is 0.368. The van der Waals surface area contributed by atoms with Gasteiger partial charge in [-0.3, -0.25) is 4.72 Å². The first-order valence-corrected chi connectivity index (χ1v) is 10.4. The Morgan fingerprint density at radius 3 is 2.70 bits per heavy atom. The van der Waals surface area contributed by atoms with Crippen LogP contribution in [0.5, 0.6) is 5.75 Å². The SMILES string of the molecule is O=S(=O)(Nc1ccc2c(c1)OC(CNCCCO)CC2)c1ccc(F)cc1. The largest absolute Gasteiger partial charge is 0.489 e. The Morgan fingerprint density at radius 2 is 1.96 bits per heavy atom. The number of sulfonamides is 1. The van der Waals surface area contributed by atoms with Crippen molar-refractivity contribution >= 4 is 15.7 Å². The second-order valence-electron chi connectivity index (χ2n) is 6.44. The number of aliphatic hydroxyl groups is 1. The second-order valence-corrected chi connectivity index (χ2v) is 8.12. The van der Waals surface area contributed by atoms with Crippen LogP contribution in [-0.2, 0) is 16.4 Å². The van der Waals surface area contributed by atoms with Crippen molar-refractivity contribution in [1.29, 1.82) is 0 Å². The molecule has 3 rings (SSSR count). The van der Waals surface area contributed by atoms with Crippen LogP contribution >= 0.6 is 0 Å². The zero-order valence-corrected chi connectivity index (χ0v) is 15.6. The second kappa shape index (κ2) is 8.69. The van der Waals surface area contributed by atoms with Gasteiger partial charge in [0.25, 0.3) is 10.0 Å². The minimum Gasteiger partial charge on any atom is -0.489 e. The van der Waals surface area contributed by atoms with Crippen LogP contribution in [0.4, 0.5) is 10.1 Å². The summed E-state index contributed by atoms with van der Waals surface area (Å²) in [5.74, 6) is 0.171. The van der Waals surface area contributed by atoms with Gasteiger partial charge in [-0.25, -0.2) is 12.8 Å². The molecule has 0 fully saturated rings. The molecule has 1 unspecified atom stereocenters. The number of hydrogen-bond acceptors (Lipinski definition) is 5. The van der Waals surface area contributed by atoms with E-state index in [0.29, 0.717) is 24.4 Å². The number of benzene rings is 2. The van der Waals surface area contributed by atoms with Crippen LogP contribution < -0.4 is 14.8 Å². The molecule has 1 atom stereocenters. The molecule has 0 saturated carbocycles. The summed E-state index contributed by atoms with van der Waals surface area (Å²) < 4.78 is 46.4.